The third-order valence-corrected chi connectivity index (χ3v) is 6.75. The molecule has 1 aliphatic rings. The van der Waals surface area contributed by atoms with E-state index in [0.717, 1.165) is 24.2 Å². The summed E-state index contributed by atoms with van der Waals surface area (Å²) in [6, 6.07) is 14.2. The van der Waals surface area contributed by atoms with Crippen molar-refractivity contribution in [3.05, 3.63) is 54.1 Å². The normalized spacial score (nSPS) is 18.6. The van der Waals surface area contributed by atoms with Gasteiger partial charge < -0.3 is 19.7 Å². The molecule has 2 aromatic carbocycles. The maximum Gasteiger partial charge on any atom is 0.338 e. The molecule has 0 aliphatic carbocycles. The number of anilines is 1. The molecule has 0 saturated carbocycles. The lowest BCUT2D eigenvalue weighted by Gasteiger charge is -2.38. The lowest BCUT2D eigenvalue weighted by molar-refractivity contribution is -0.139. The average Bonchev–Trinajstić information content (AvgIpc) is 2.83. The molecular weight excluding hydrogens is 452 g/mol. The number of thioether (sulfide) groups is 1. The summed E-state index contributed by atoms with van der Waals surface area (Å²) in [6.07, 6.45) is 4.10. The number of nitrogens with one attached hydrogen (secondary N) is 1. The van der Waals surface area contributed by atoms with E-state index in [1.165, 1.54) is 18.7 Å². The van der Waals surface area contributed by atoms with E-state index < -0.39 is 18.0 Å². The number of hydrogen-bond acceptors (Lipinski definition) is 6. The Morgan fingerprint density at radius 3 is 2.35 bits per heavy atom. The van der Waals surface area contributed by atoms with Gasteiger partial charge >= 0.3 is 5.97 Å². The third kappa shape index (κ3) is 6.53. The predicted octanol–water partition coefficient (Wildman–Crippen LogP) is 4.76. The minimum absolute atomic E-state index is 0.0360. The minimum atomic E-state index is -0.968. The first kappa shape index (κ1) is 25.6. The van der Waals surface area contributed by atoms with Gasteiger partial charge in [0.1, 0.15) is 5.75 Å². The van der Waals surface area contributed by atoms with Gasteiger partial charge in [-0.15, -0.1) is 11.8 Å². The highest BCUT2D eigenvalue weighted by Crippen LogP contribution is 2.25. The summed E-state index contributed by atoms with van der Waals surface area (Å²) in [5.74, 6) is -0.568. The van der Waals surface area contributed by atoms with Crippen LogP contribution < -0.4 is 10.1 Å². The number of benzene rings is 2. The van der Waals surface area contributed by atoms with E-state index in [4.69, 9.17) is 9.47 Å². The molecule has 7 nitrogen and oxygen atoms in total. The Labute approximate surface area is 205 Å². The quantitative estimate of drug-likeness (QED) is 0.430. The molecule has 34 heavy (non-hydrogen) atoms. The molecule has 3 rings (SSSR count). The molecular formula is C26H32N2O5S. The van der Waals surface area contributed by atoms with E-state index in [1.54, 1.807) is 30.3 Å². The summed E-state index contributed by atoms with van der Waals surface area (Å²) in [6.45, 7) is 5.61. The first-order chi connectivity index (χ1) is 16.3. The van der Waals surface area contributed by atoms with Gasteiger partial charge in [-0.2, -0.15) is 0 Å². The Hall–Kier alpha value is -3.00. The predicted molar refractivity (Wildman–Crippen MR) is 133 cm³/mol. The zero-order valence-corrected chi connectivity index (χ0v) is 20.9. The van der Waals surface area contributed by atoms with Crippen LogP contribution in [0, 0.1) is 0 Å². The molecule has 1 saturated heterocycles. The maximum atomic E-state index is 12.6. The van der Waals surface area contributed by atoms with Crippen molar-refractivity contribution in [2.45, 2.75) is 63.1 Å². The molecule has 0 aromatic heterocycles. The Bertz CT molecular complexity index is 1000. The Balaban J connectivity index is 1.51. The Morgan fingerprint density at radius 2 is 1.71 bits per heavy atom. The van der Waals surface area contributed by atoms with E-state index in [-0.39, 0.29) is 24.6 Å². The number of piperidine rings is 1. The van der Waals surface area contributed by atoms with Crippen molar-refractivity contribution in [2.24, 2.45) is 0 Å². The minimum Gasteiger partial charge on any atom is -0.484 e. The molecule has 2 aromatic rings. The summed E-state index contributed by atoms with van der Waals surface area (Å²) in [7, 11) is 0. The van der Waals surface area contributed by atoms with Crippen LogP contribution in [0.15, 0.2) is 53.4 Å². The number of carbonyl (C=O) groups excluding carboxylic acids is 3. The third-order valence-electron chi connectivity index (χ3n) is 5.95. The SMILES string of the molecule is CSc1ccccc1NC(=O)C(C)OC(=O)c1ccc(OCC(=O)N2C(C)CCCC2C)cc1. The fourth-order valence-corrected chi connectivity index (χ4v) is 4.64. The van der Waals surface area contributed by atoms with Gasteiger partial charge in [0.2, 0.25) is 0 Å². The van der Waals surface area contributed by atoms with E-state index in [1.807, 2.05) is 29.4 Å². The van der Waals surface area contributed by atoms with Crippen molar-refractivity contribution < 1.29 is 23.9 Å². The number of amides is 2. The highest BCUT2D eigenvalue weighted by atomic mass is 32.2. The van der Waals surface area contributed by atoms with Crippen LogP contribution >= 0.6 is 11.8 Å². The van der Waals surface area contributed by atoms with Crippen LogP contribution in [0.2, 0.25) is 0 Å². The van der Waals surface area contributed by atoms with Gasteiger partial charge in [0.25, 0.3) is 11.8 Å². The Morgan fingerprint density at radius 1 is 1.06 bits per heavy atom. The maximum absolute atomic E-state index is 12.6. The van der Waals surface area contributed by atoms with E-state index in [2.05, 4.69) is 19.2 Å². The van der Waals surface area contributed by atoms with Crippen LogP contribution in [-0.4, -0.2) is 53.7 Å². The summed E-state index contributed by atoms with van der Waals surface area (Å²) in [4.78, 5) is 40.4. The number of para-hydroxylation sites is 1. The molecule has 1 aliphatic heterocycles. The summed E-state index contributed by atoms with van der Waals surface area (Å²) in [5.41, 5.74) is 0.966. The second kappa shape index (κ2) is 11.9. The lowest BCUT2D eigenvalue weighted by Crippen LogP contribution is -2.49. The molecule has 8 heteroatoms. The molecule has 0 bridgehead atoms. The summed E-state index contributed by atoms with van der Waals surface area (Å²) >= 11 is 1.52. The smallest absolute Gasteiger partial charge is 0.338 e. The van der Waals surface area contributed by atoms with Crippen LogP contribution in [0.1, 0.15) is 50.4 Å². The van der Waals surface area contributed by atoms with Crippen molar-refractivity contribution >= 4 is 35.2 Å². The van der Waals surface area contributed by atoms with E-state index in [0.29, 0.717) is 17.0 Å². The van der Waals surface area contributed by atoms with Crippen molar-refractivity contribution in [1.82, 2.24) is 4.90 Å². The molecule has 1 fully saturated rings. The second-order valence-corrected chi connectivity index (χ2v) is 9.33. The van der Waals surface area contributed by atoms with E-state index >= 15 is 0 Å². The van der Waals surface area contributed by atoms with Crippen LogP contribution in [0.5, 0.6) is 5.75 Å². The van der Waals surface area contributed by atoms with Crippen molar-refractivity contribution in [2.75, 3.05) is 18.2 Å². The topological polar surface area (TPSA) is 84.9 Å². The number of nitrogens with zero attached hydrogens (tertiary/aromatic N) is 1. The van der Waals surface area contributed by atoms with Gasteiger partial charge in [0.15, 0.2) is 12.7 Å². The second-order valence-electron chi connectivity index (χ2n) is 8.48. The Kier molecular flexibility index (Phi) is 8.98. The van der Waals surface area contributed by atoms with Gasteiger partial charge in [0.05, 0.1) is 11.3 Å². The summed E-state index contributed by atoms with van der Waals surface area (Å²) < 4.78 is 11.0. The molecule has 2 amide bonds. The highest BCUT2D eigenvalue weighted by Gasteiger charge is 2.29. The number of rotatable bonds is 8. The van der Waals surface area contributed by atoms with Crippen LogP contribution in [0.4, 0.5) is 5.69 Å². The number of esters is 1. The summed E-state index contributed by atoms with van der Waals surface area (Å²) in [5, 5.41) is 2.79. The average molecular weight is 485 g/mol. The first-order valence-corrected chi connectivity index (χ1v) is 12.7. The largest absolute Gasteiger partial charge is 0.484 e. The lowest BCUT2D eigenvalue weighted by atomic mass is 9.97. The van der Waals surface area contributed by atoms with Gasteiger partial charge in [-0.25, -0.2) is 4.79 Å². The van der Waals surface area contributed by atoms with Gasteiger partial charge in [-0.3, -0.25) is 9.59 Å². The van der Waals surface area contributed by atoms with Crippen LogP contribution in [-0.2, 0) is 14.3 Å². The van der Waals surface area contributed by atoms with Crippen LogP contribution in [0.25, 0.3) is 0 Å². The molecule has 3 atom stereocenters. The van der Waals surface area contributed by atoms with Gasteiger partial charge in [-0.1, -0.05) is 12.1 Å². The van der Waals surface area contributed by atoms with Gasteiger partial charge in [0, 0.05) is 17.0 Å². The molecule has 1 heterocycles. The number of likely N-dealkylation sites (tertiary alicyclic amines) is 1. The molecule has 0 radical (unpaired) electrons. The zero-order valence-electron chi connectivity index (χ0n) is 20.1. The van der Waals surface area contributed by atoms with Crippen molar-refractivity contribution in [3.63, 3.8) is 0 Å². The fraction of sp³-hybridized carbons (Fsp3) is 0.423. The number of hydrogen-bond donors (Lipinski definition) is 1. The molecule has 3 unspecified atom stereocenters. The standard InChI is InChI=1S/C26H32N2O5S/c1-17-8-7-9-18(2)28(17)24(29)16-32-21-14-12-20(13-15-21)26(31)33-19(3)25(30)27-22-10-5-6-11-23(22)34-4/h5-6,10-15,17-19H,7-9,16H2,1-4H3,(H,27,30). The van der Waals surface area contributed by atoms with E-state index in [9.17, 15) is 14.4 Å². The molecule has 182 valence electrons. The zero-order chi connectivity index (χ0) is 24.7. The first-order valence-electron chi connectivity index (χ1n) is 11.5. The highest BCUT2D eigenvalue weighted by molar-refractivity contribution is 7.98. The number of ether oxygens (including phenoxy) is 2. The molecule has 1 N–H and O–H groups in total. The molecule has 0 spiro atoms. The van der Waals surface area contributed by atoms with Crippen molar-refractivity contribution in [1.29, 1.82) is 0 Å². The fourth-order valence-electron chi connectivity index (χ4n) is 4.08. The monoisotopic (exact) mass is 484 g/mol. The van der Waals surface area contributed by atoms with Crippen molar-refractivity contribution in [3.8, 4) is 5.75 Å². The number of carbonyl (C=O) groups is 3. The van der Waals surface area contributed by atoms with Gasteiger partial charge in [-0.05, 0) is 82.7 Å². The van der Waals surface area contributed by atoms with Crippen LogP contribution in [0.3, 0.4) is 0 Å².